The van der Waals surface area contributed by atoms with Crippen molar-refractivity contribution in [2.24, 2.45) is 5.92 Å². The monoisotopic (exact) mass is 434 g/mol. The Labute approximate surface area is 180 Å². The molecule has 2 aromatic rings. The second-order valence-electron chi connectivity index (χ2n) is 8.31. The van der Waals surface area contributed by atoms with Gasteiger partial charge in [0.05, 0.1) is 10.2 Å². The standard InChI is InChI=1S/C21H30N4O4S/c1-7-13-8-9-14-15(10-13)30-19(23-14)25-18(27)17(12(2)3)24-16(26)11-22-20(28)29-21(4,5)6/h8-10,12,17H,7,11H2,1-6H3,(H,22,28)(H,24,26)(H,23,25,27)/t17-/m1/s1. The van der Waals surface area contributed by atoms with Gasteiger partial charge in [0, 0.05) is 0 Å². The highest BCUT2D eigenvalue weighted by atomic mass is 32.1. The van der Waals surface area contributed by atoms with Gasteiger partial charge >= 0.3 is 6.09 Å². The van der Waals surface area contributed by atoms with Crippen molar-refractivity contribution in [2.75, 3.05) is 11.9 Å². The number of fused-ring (bicyclic) bond motifs is 1. The molecular weight excluding hydrogens is 404 g/mol. The molecule has 0 unspecified atom stereocenters. The summed E-state index contributed by atoms with van der Waals surface area (Å²) in [6.45, 7) is 10.7. The molecule has 0 aliphatic carbocycles. The van der Waals surface area contributed by atoms with E-state index in [0.717, 1.165) is 16.6 Å². The third-order valence-corrected chi connectivity index (χ3v) is 5.08. The Morgan fingerprint density at radius 3 is 2.50 bits per heavy atom. The molecular formula is C21H30N4O4S. The number of ether oxygens (including phenoxy) is 1. The first-order valence-electron chi connectivity index (χ1n) is 9.95. The van der Waals surface area contributed by atoms with Gasteiger partial charge in [0.1, 0.15) is 18.2 Å². The normalized spacial score (nSPS) is 12.5. The zero-order chi connectivity index (χ0) is 22.5. The lowest BCUT2D eigenvalue weighted by Crippen LogP contribution is -2.50. The van der Waals surface area contributed by atoms with Gasteiger partial charge in [-0.3, -0.25) is 9.59 Å². The lowest BCUT2D eigenvalue weighted by Gasteiger charge is -2.22. The molecule has 30 heavy (non-hydrogen) atoms. The number of carbonyl (C=O) groups is 3. The van der Waals surface area contributed by atoms with Crippen molar-refractivity contribution >= 4 is 44.6 Å². The number of thiazole rings is 1. The molecule has 1 aromatic carbocycles. The fourth-order valence-corrected chi connectivity index (χ4v) is 3.58. The maximum Gasteiger partial charge on any atom is 0.408 e. The van der Waals surface area contributed by atoms with Gasteiger partial charge in [-0.2, -0.15) is 0 Å². The molecule has 1 atom stereocenters. The minimum Gasteiger partial charge on any atom is -0.444 e. The van der Waals surface area contributed by atoms with Crippen LogP contribution in [0.4, 0.5) is 9.93 Å². The summed E-state index contributed by atoms with van der Waals surface area (Å²) in [6.07, 6.45) is 0.234. The lowest BCUT2D eigenvalue weighted by atomic mass is 10.0. The molecule has 3 amide bonds. The first-order valence-corrected chi connectivity index (χ1v) is 10.8. The predicted molar refractivity (Wildman–Crippen MR) is 119 cm³/mol. The fraction of sp³-hybridized carbons (Fsp3) is 0.524. The molecule has 2 rings (SSSR count). The van der Waals surface area contributed by atoms with Gasteiger partial charge in [0.15, 0.2) is 5.13 Å². The Morgan fingerprint density at radius 1 is 1.20 bits per heavy atom. The predicted octanol–water partition coefficient (Wildman–Crippen LogP) is 3.46. The van der Waals surface area contributed by atoms with Crippen molar-refractivity contribution in [1.29, 1.82) is 0 Å². The minimum absolute atomic E-state index is 0.156. The van der Waals surface area contributed by atoms with E-state index in [-0.39, 0.29) is 18.4 Å². The third kappa shape index (κ3) is 6.98. The summed E-state index contributed by atoms with van der Waals surface area (Å²) in [5, 5.41) is 8.32. The van der Waals surface area contributed by atoms with Crippen LogP contribution in [0.3, 0.4) is 0 Å². The number of aromatic nitrogens is 1. The van der Waals surface area contributed by atoms with Crippen molar-refractivity contribution in [2.45, 2.75) is 59.6 Å². The van der Waals surface area contributed by atoms with Crippen LogP contribution in [0.2, 0.25) is 0 Å². The number of alkyl carbamates (subject to hydrolysis) is 1. The van der Waals surface area contributed by atoms with Gasteiger partial charge < -0.3 is 20.7 Å². The molecule has 164 valence electrons. The van der Waals surface area contributed by atoms with Gasteiger partial charge in [-0.15, -0.1) is 0 Å². The zero-order valence-electron chi connectivity index (χ0n) is 18.3. The Bertz CT molecular complexity index is 917. The van der Waals surface area contributed by atoms with Crippen LogP contribution in [0.15, 0.2) is 18.2 Å². The summed E-state index contributed by atoms with van der Waals surface area (Å²) in [7, 11) is 0. The number of hydrogen-bond donors (Lipinski definition) is 3. The molecule has 1 heterocycles. The molecule has 0 saturated carbocycles. The molecule has 3 N–H and O–H groups in total. The molecule has 0 aliphatic rings. The number of anilines is 1. The number of carbonyl (C=O) groups excluding carboxylic acids is 3. The Morgan fingerprint density at radius 2 is 1.90 bits per heavy atom. The maximum atomic E-state index is 12.7. The second kappa shape index (κ2) is 9.88. The zero-order valence-corrected chi connectivity index (χ0v) is 19.1. The smallest absolute Gasteiger partial charge is 0.408 e. The van der Waals surface area contributed by atoms with E-state index in [0.29, 0.717) is 5.13 Å². The number of nitrogens with one attached hydrogen (secondary N) is 3. The van der Waals surface area contributed by atoms with E-state index in [4.69, 9.17) is 4.74 Å². The van der Waals surface area contributed by atoms with Crippen molar-refractivity contribution in [3.63, 3.8) is 0 Å². The van der Waals surface area contributed by atoms with E-state index >= 15 is 0 Å². The average Bonchev–Trinajstić information content (AvgIpc) is 3.03. The number of nitrogens with zero attached hydrogens (tertiary/aromatic N) is 1. The fourth-order valence-electron chi connectivity index (χ4n) is 2.65. The second-order valence-corrected chi connectivity index (χ2v) is 9.34. The summed E-state index contributed by atoms with van der Waals surface area (Å²) >= 11 is 1.39. The summed E-state index contributed by atoms with van der Waals surface area (Å²) in [6, 6.07) is 5.25. The molecule has 0 saturated heterocycles. The third-order valence-electron chi connectivity index (χ3n) is 4.15. The van der Waals surface area contributed by atoms with Crippen LogP contribution >= 0.6 is 11.3 Å². The highest BCUT2D eigenvalue weighted by molar-refractivity contribution is 7.22. The SMILES string of the molecule is CCc1ccc2nc(NC(=O)[C@H](NC(=O)CNC(=O)OC(C)(C)C)C(C)C)sc2c1. The number of amides is 3. The van der Waals surface area contributed by atoms with Crippen molar-refractivity contribution in [3.8, 4) is 0 Å². The largest absolute Gasteiger partial charge is 0.444 e. The summed E-state index contributed by atoms with van der Waals surface area (Å²) in [5.41, 5.74) is 1.36. The van der Waals surface area contributed by atoms with Crippen LogP contribution in [0, 0.1) is 5.92 Å². The molecule has 0 spiro atoms. The van der Waals surface area contributed by atoms with Crippen molar-refractivity contribution in [1.82, 2.24) is 15.6 Å². The van der Waals surface area contributed by atoms with Crippen LogP contribution in [0.1, 0.15) is 47.1 Å². The Balaban J connectivity index is 1.97. The highest BCUT2D eigenvalue weighted by Gasteiger charge is 2.25. The molecule has 8 nitrogen and oxygen atoms in total. The van der Waals surface area contributed by atoms with E-state index in [1.54, 1.807) is 20.8 Å². The van der Waals surface area contributed by atoms with Gasteiger partial charge in [-0.05, 0) is 50.8 Å². The first-order chi connectivity index (χ1) is 14.0. The summed E-state index contributed by atoms with van der Waals surface area (Å²) in [5.74, 6) is -0.992. The van der Waals surface area contributed by atoms with Crippen molar-refractivity contribution in [3.05, 3.63) is 23.8 Å². The van der Waals surface area contributed by atoms with E-state index in [9.17, 15) is 14.4 Å². The Kier molecular flexibility index (Phi) is 7.77. The number of rotatable bonds is 7. The lowest BCUT2D eigenvalue weighted by molar-refractivity contribution is -0.126. The van der Waals surface area contributed by atoms with Crippen LogP contribution in [-0.2, 0) is 20.7 Å². The molecule has 1 aromatic heterocycles. The van der Waals surface area contributed by atoms with Crippen LogP contribution in [0.5, 0.6) is 0 Å². The quantitative estimate of drug-likeness (QED) is 0.618. The molecule has 9 heteroatoms. The molecule has 0 bridgehead atoms. The van der Waals surface area contributed by atoms with E-state index in [1.165, 1.54) is 16.9 Å². The van der Waals surface area contributed by atoms with E-state index < -0.39 is 23.6 Å². The average molecular weight is 435 g/mol. The van der Waals surface area contributed by atoms with Gasteiger partial charge in [0.2, 0.25) is 11.8 Å². The van der Waals surface area contributed by atoms with E-state index in [2.05, 4.69) is 33.9 Å². The van der Waals surface area contributed by atoms with E-state index in [1.807, 2.05) is 26.0 Å². The maximum absolute atomic E-state index is 12.7. The number of hydrogen-bond acceptors (Lipinski definition) is 6. The topological polar surface area (TPSA) is 109 Å². The number of aryl methyl sites for hydroxylation is 1. The summed E-state index contributed by atoms with van der Waals surface area (Å²) in [4.78, 5) is 41.1. The van der Waals surface area contributed by atoms with Gasteiger partial charge in [-0.1, -0.05) is 38.2 Å². The number of benzene rings is 1. The van der Waals surface area contributed by atoms with Gasteiger partial charge in [-0.25, -0.2) is 9.78 Å². The Hall–Kier alpha value is -2.68. The van der Waals surface area contributed by atoms with Gasteiger partial charge in [0.25, 0.3) is 0 Å². The summed E-state index contributed by atoms with van der Waals surface area (Å²) < 4.78 is 6.09. The molecule has 0 fully saturated rings. The van der Waals surface area contributed by atoms with Crippen LogP contribution in [0.25, 0.3) is 10.2 Å². The molecule has 0 aliphatic heterocycles. The van der Waals surface area contributed by atoms with Crippen LogP contribution < -0.4 is 16.0 Å². The first kappa shape index (κ1) is 23.6. The van der Waals surface area contributed by atoms with Crippen molar-refractivity contribution < 1.29 is 19.1 Å². The minimum atomic E-state index is -0.767. The molecule has 0 radical (unpaired) electrons. The highest BCUT2D eigenvalue weighted by Crippen LogP contribution is 2.27. The van der Waals surface area contributed by atoms with Crippen LogP contribution in [-0.4, -0.2) is 41.1 Å².